The van der Waals surface area contributed by atoms with E-state index in [-0.39, 0.29) is 23.9 Å². The van der Waals surface area contributed by atoms with Crippen LogP contribution in [0.25, 0.3) is 0 Å². The Morgan fingerprint density at radius 1 is 1.11 bits per heavy atom. The highest BCUT2D eigenvalue weighted by Crippen LogP contribution is 2.29. The Hall–Kier alpha value is -0.570. The summed E-state index contributed by atoms with van der Waals surface area (Å²) in [7, 11) is 0. The molecule has 0 saturated carbocycles. The second kappa shape index (κ2) is 6.74. The maximum Gasteiger partial charge on any atom is 0.0469 e. The third-order valence-corrected chi connectivity index (χ3v) is 3.94. The van der Waals surface area contributed by atoms with E-state index in [1.807, 2.05) is 0 Å². The molecule has 1 aromatic rings. The van der Waals surface area contributed by atoms with Crippen LogP contribution < -0.4 is 5.73 Å². The maximum absolute atomic E-state index is 6.37. The van der Waals surface area contributed by atoms with E-state index in [9.17, 15) is 0 Å². The Morgan fingerprint density at radius 2 is 1.63 bits per heavy atom. The molecule has 1 saturated heterocycles. The second-order valence-electron chi connectivity index (χ2n) is 6.35. The molecule has 2 N–H and O–H groups in total. The Morgan fingerprint density at radius 3 is 2.11 bits per heavy atom. The molecule has 1 aliphatic heterocycles. The number of rotatable bonds is 2. The van der Waals surface area contributed by atoms with Gasteiger partial charge < -0.3 is 10.5 Å². The molecule has 2 nitrogen and oxygen atoms in total. The molecule has 19 heavy (non-hydrogen) atoms. The van der Waals surface area contributed by atoms with Gasteiger partial charge in [-0.1, -0.05) is 45.0 Å². The van der Waals surface area contributed by atoms with Crippen LogP contribution in [-0.4, -0.2) is 13.2 Å². The molecule has 0 bridgehead atoms. The Balaban J connectivity index is 0.00000180. The fourth-order valence-electron chi connectivity index (χ4n) is 2.55. The van der Waals surface area contributed by atoms with Crippen LogP contribution in [-0.2, 0) is 10.2 Å². The van der Waals surface area contributed by atoms with Crippen molar-refractivity contribution >= 4 is 12.4 Å². The van der Waals surface area contributed by atoms with Crippen molar-refractivity contribution in [3.8, 4) is 0 Å². The van der Waals surface area contributed by atoms with E-state index in [2.05, 4.69) is 45.0 Å². The first-order valence-corrected chi connectivity index (χ1v) is 6.92. The lowest BCUT2D eigenvalue weighted by atomic mass is 9.84. The molecule has 0 amide bonds. The topological polar surface area (TPSA) is 35.2 Å². The van der Waals surface area contributed by atoms with Gasteiger partial charge in [-0.2, -0.15) is 0 Å². The molecule has 1 aromatic carbocycles. The molecule has 0 aliphatic carbocycles. The van der Waals surface area contributed by atoms with E-state index in [0.29, 0.717) is 5.92 Å². The van der Waals surface area contributed by atoms with Crippen molar-refractivity contribution < 1.29 is 4.74 Å². The summed E-state index contributed by atoms with van der Waals surface area (Å²) in [5.74, 6) is 0.569. The van der Waals surface area contributed by atoms with E-state index >= 15 is 0 Å². The molecule has 1 atom stereocenters. The molecule has 2 rings (SSSR count). The number of nitrogens with two attached hydrogens (primary N) is 1. The van der Waals surface area contributed by atoms with E-state index in [1.165, 1.54) is 11.1 Å². The maximum atomic E-state index is 6.37. The molecule has 1 fully saturated rings. The van der Waals surface area contributed by atoms with Gasteiger partial charge in [0.1, 0.15) is 0 Å². The largest absolute Gasteiger partial charge is 0.381 e. The van der Waals surface area contributed by atoms with Crippen molar-refractivity contribution in [3.05, 3.63) is 35.4 Å². The van der Waals surface area contributed by atoms with Gasteiger partial charge in [-0.05, 0) is 35.3 Å². The fourth-order valence-corrected chi connectivity index (χ4v) is 2.55. The molecule has 0 unspecified atom stereocenters. The number of ether oxygens (including phenoxy) is 1. The molecule has 1 heterocycles. The average Bonchev–Trinajstić information content (AvgIpc) is 2.38. The van der Waals surface area contributed by atoms with Crippen LogP contribution in [0.2, 0.25) is 0 Å². The highest BCUT2D eigenvalue weighted by atomic mass is 35.5. The Bertz CT molecular complexity index is 377. The van der Waals surface area contributed by atoms with E-state index in [4.69, 9.17) is 10.5 Å². The van der Waals surface area contributed by atoms with Gasteiger partial charge in [0.25, 0.3) is 0 Å². The normalized spacial score (nSPS) is 18.7. The second-order valence-corrected chi connectivity index (χ2v) is 6.35. The van der Waals surface area contributed by atoms with Gasteiger partial charge in [-0.15, -0.1) is 12.4 Å². The zero-order chi connectivity index (χ0) is 13.2. The van der Waals surface area contributed by atoms with Gasteiger partial charge >= 0.3 is 0 Å². The van der Waals surface area contributed by atoms with Crippen LogP contribution in [0, 0.1) is 5.92 Å². The zero-order valence-electron chi connectivity index (χ0n) is 12.2. The molecule has 3 heteroatoms. The summed E-state index contributed by atoms with van der Waals surface area (Å²) >= 11 is 0. The standard InChI is InChI=1S/C16H25NO.ClH/c1-16(2,3)14-6-4-12(5-7-14)15(17)13-8-10-18-11-9-13;/h4-7,13,15H,8-11,17H2,1-3H3;1H/t15-;/m0./s1. The Labute approximate surface area is 123 Å². The molecule has 108 valence electrons. The van der Waals surface area contributed by atoms with Crippen LogP contribution in [0.4, 0.5) is 0 Å². The van der Waals surface area contributed by atoms with Crippen molar-refractivity contribution in [2.24, 2.45) is 11.7 Å². The summed E-state index contributed by atoms with van der Waals surface area (Å²) in [6.45, 7) is 8.43. The van der Waals surface area contributed by atoms with Crippen molar-refractivity contribution in [1.82, 2.24) is 0 Å². The first-order chi connectivity index (χ1) is 8.48. The number of hydrogen-bond donors (Lipinski definition) is 1. The predicted octanol–water partition coefficient (Wildman–Crippen LogP) is 3.83. The van der Waals surface area contributed by atoms with Crippen molar-refractivity contribution in [2.45, 2.75) is 45.1 Å². The molecule has 0 spiro atoms. The number of hydrogen-bond acceptors (Lipinski definition) is 2. The first-order valence-electron chi connectivity index (χ1n) is 6.92. The first kappa shape index (κ1) is 16.5. The molecular weight excluding hydrogens is 258 g/mol. The van der Waals surface area contributed by atoms with Crippen LogP contribution in [0.15, 0.2) is 24.3 Å². The minimum atomic E-state index is 0. The van der Waals surface area contributed by atoms with Gasteiger partial charge in [0, 0.05) is 19.3 Å². The zero-order valence-corrected chi connectivity index (χ0v) is 13.0. The van der Waals surface area contributed by atoms with E-state index in [0.717, 1.165) is 26.1 Å². The summed E-state index contributed by atoms with van der Waals surface area (Å²) in [6.07, 6.45) is 2.17. The highest BCUT2D eigenvalue weighted by Gasteiger charge is 2.22. The summed E-state index contributed by atoms with van der Waals surface area (Å²) in [5, 5.41) is 0. The van der Waals surface area contributed by atoms with Gasteiger partial charge in [0.15, 0.2) is 0 Å². The summed E-state index contributed by atoms with van der Waals surface area (Å²) in [5.41, 5.74) is 9.21. The van der Waals surface area contributed by atoms with Crippen molar-refractivity contribution in [1.29, 1.82) is 0 Å². The third kappa shape index (κ3) is 4.20. The van der Waals surface area contributed by atoms with Crippen LogP contribution in [0.5, 0.6) is 0 Å². The minimum Gasteiger partial charge on any atom is -0.381 e. The summed E-state index contributed by atoms with van der Waals surface area (Å²) in [6, 6.07) is 8.98. The monoisotopic (exact) mass is 283 g/mol. The fraction of sp³-hybridized carbons (Fsp3) is 0.625. The molecular formula is C16H26ClNO. The number of halogens is 1. The van der Waals surface area contributed by atoms with Crippen LogP contribution in [0.3, 0.4) is 0 Å². The third-order valence-electron chi connectivity index (χ3n) is 3.94. The lowest BCUT2D eigenvalue weighted by Crippen LogP contribution is -2.27. The van der Waals surface area contributed by atoms with Gasteiger partial charge in [0.05, 0.1) is 0 Å². The molecule has 0 radical (unpaired) electrons. The smallest absolute Gasteiger partial charge is 0.0469 e. The SMILES string of the molecule is CC(C)(C)c1ccc([C@H](N)C2CCOCC2)cc1.Cl. The summed E-state index contributed by atoms with van der Waals surface area (Å²) < 4.78 is 5.39. The average molecular weight is 284 g/mol. The highest BCUT2D eigenvalue weighted by molar-refractivity contribution is 5.85. The molecule has 0 aromatic heterocycles. The van der Waals surface area contributed by atoms with Gasteiger partial charge in [0.2, 0.25) is 0 Å². The lowest BCUT2D eigenvalue weighted by molar-refractivity contribution is 0.0584. The van der Waals surface area contributed by atoms with Crippen molar-refractivity contribution in [2.75, 3.05) is 13.2 Å². The van der Waals surface area contributed by atoms with Crippen molar-refractivity contribution in [3.63, 3.8) is 0 Å². The van der Waals surface area contributed by atoms with Gasteiger partial charge in [-0.25, -0.2) is 0 Å². The predicted molar refractivity (Wildman–Crippen MR) is 82.9 cm³/mol. The van der Waals surface area contributed by atoms with Gasteiger partial charge in [-0.3, -0.25) is 0 Å². The minimum absolute atomic E-state index is 0. The Kier molecular flexibility index (Phi) is 5.84. The van der Waals surface area contributed by atoms with Crippen LogP contribution in [0.1, 0.15) is 50.8 Å². The van der Waals surface area contributed by atoms with E-state index in [1.54, 1.807) is 0 Å². The molecule has 1 aliphatic rings. The lowest BCUT2D eigenvalue weighted by Gasteiger charge is -2.28. The summed E-state index contributed by atoms with van der Waals surface area (Å²) in [4.78, 5) is 0. The number of benzene rings is 1. The van der Waals surface area contributed by atoms with Crippen LogP contribution >= 0.6 is 12.4 Å². The van der Waals surface area contributed by atoms with E-state index < -0.39 is 0 Å². The quantitative estimate of drug-likeness (QED) is 0.895.